The molecule has 19 heavy (non-hydrogen) atoms. The summed E-state index contributed by atoms with van der Waals surface area (Å²) >= 11 is 0. The lowest BCUT2D eigenvalue weighted by molar-refractivity contribution is -0.274. The highest BCUT2D eigenvalue weighted by Gasteiger charge is 2.33. The van der Waals surface area contributed by atoms with E-state index in [1.165, 1.54) is 0 Å². The molecule has 0 fully saturated rings. The van der Waals surface area contributed by atoms with E-state index in [-0.39, 0.29) is 0 Å². The molecule has 106 valence electrons. The lowest BCUT2D eigenvalue weighted by Crippen LogP contribution is -2.18. The molecule has 8 heteroatoms. The Bertz CT molecular complexity index is 439. The Labute approximate surface area is 104 Å². The molecule has 0 bridgehead atoms. The van der Waals surface area contributed by atoms with E-state index in [2.05, 4.69) is 4.74 Å². The largest absolute Gasteiger partial charge is 0.573 e. The monoisotopic (exact) mass is 284 g/mol. The van der Waals surface area contributed by atoms with Crippen LogP contribution in [0, 0.1) is 0 Å². The molecular weight excluding hydrogens is 275 g/mol. The number of rotatable bonds is 5. The summed E-state index contributed by atoms with van der Waals surface area (Å²) < 4.78 is 66.0. The predicted octanol–water partition coefficient (Wildman–Crippen LogP) is 3.54. The van der Waals surface area contributed by atoms with Crippen LogP contribution >= 0.6 is 0 Å². The average Bonchev–Trinajstić information content (AvgIpc) is 2.25. The highest BCUT2D eigenvalue weighted by atomic mass is 19.4. The van der Waals surface area contributed by atoms with Crippen LogP contribution in [0.2, 0.25) is 0 Å². The molecule has 0 radical (unpaired) electrons. The van der Waals surface area contributed by atoms with Gasteiger partial charge in [0.25, 0.3) is 5.92 Å². The van der Waals surface area contributed by atoms with Crippen LogP contribution in [-0.4, -0.2) is 17.4 Å². The molecule has 0 spiro atoms. The summed E-state index contributed by atoms with van der Waals surface area (Å²) in [5, 5.41) is 8.32. The summed E-state index contributed by atoms with van der Waals surface area (Å²) in [5.41, 5.74) is -0.566. The van der Waals surface area contributed by atoms with Crippen LogP contribution in [0.5, 0.6) is 5.75 Å². The Hall–Kier alpha value is -1.86. The van der Waals surface area contributed by atoms with Crippen molar-refractivity contribution in [3.8, 4) is 5.75 Å². The van der Waals surface area contributed by atoms with E-state index in [1.54, 1.807) is 0 Å². The molecule has 1 aromatic rings. The Morgan fingerprint density at radius 1 is 1.11 bits per heavy atom. The van der Waals surface area contributed by atoms with Gasteiger partial charge in [0.2, 0.25) is 0 Å². The molecule has 0 unspecified atom stereocenters. The number of carboxylic acid groups (broad SMARTS) is 1. The zero-order valence-electron chi connectivity index (χ0n) is 9.38. The molecule has 1 N–H and O–H groups in total. The highest BCUT2D eigenvalue weighted by Crippen LogP contribution is 2.34. The molecule has 1 aromatic carbocycles. The van der Waals surface area contributed by atoms with Gasteiger partial charge in [0.05, 0.1) is 6.42 Å². The predicted molar refractivity (Wildman–Crippen MR) is 53.9 cm³/mol. The average molecular weight is 284 g/mol. The second-order valence-electron chi connectivity index (χ2n) is 3.67. The van der Waals surface area contributed by atoms with Gasteiger partial charge in [-0.25, -0.2) is 8.78 Å². The number of carboxylic acids is 1. The summed E-state index contributed by atoms with van der Waals surface area (Å²) in [5.74, 6) is -5.42. The summed E-state index contributed by atoms with van der Waals surface area (Å²) in [7, 11) is 0. The van der Waals surface area contributed by atoms with Crippen LogP contribution in [0.4, 0.5) is 22.0 Å². The third-order valence-corrected chi connectivity index (χ3v) is 2.16. The number of alkyl halides is 5. The molecule has 0 aliphatic rings. The van der Waals surface area contributed by atoms with E-state index in [1.807, 2.05) is 0 Å². The van der Waals surface area contributed by atoms with E-state index in [0.29, 0.717) is 0 Å². The van der Waals surface area contributed by atoms with Crippen molar-refractivity contribution in [3.05, 3.63) is 29.8 Å². The third kappa shape index (κ3) is 5.11. The first-order chi connectivity index (χ1) is 8.60. The van der Waals surface area contributed by atoms with Gasteiger partial charge in [-0.2, -0.15) is 0 Å². The van der Waals surface area contributed by atoms with Crippen molar-refractivity contribution >= 4 is 5.97 Å². The van der Waals surface area contributed by atoms with Crippen molar-refractivity contribution in [2.24, 2.45) is 0 Å². The fraction of sp³-hybridized carbons (Fsp3) is 0.364. The van der Waals surface area contributed by atoms with Crippen molar-refractivity contribution in [3.63, 3.8) is 0 Å². The van der Waals surface area contributed by atoms with E-state index in [4.69, 9.17) is 5.11 Å². The second-order valence-corrected chi connectivity index (χ2v) is 3.67. The molecule has 0 aromatic heterocycles. The third-order valence-electron chi connectivity index (χ3n) is 2.16. The van der Waals surface area contributed by atoms with Crippen LogP contribution < -0.4 is 4.74 Å². The maximum Gasteiger partial charge on any atom is 0.573 e. The van der Waals surface area contributed by atoms with Crippen molar-refractivity contribution in [1.82, 2.24) is 0 Å². The van der Waals surface area contributed by atoms with Crippen LogP contribution in [0.1, 0.15) is 18.4 Å². The number of carbonyl (C=O) groups is 1. The smallest absolute Gasteiger partial charge is 0.481 e. The number of benzene rings is 1. The first-order valence-corrected chi connectivity index (χ1v) is 5.06. The quantitative estimate of drug-likeness (QED) is 0.841. The van der Waals surface area contributed by atoms with E-state index in [0.717, 1.165) is 24.3 Å². The van der Waals surface area contributed by atoms with Crippen LogP contribution in [0.3, 0.4) is 0 Å². The number of ether oxygens (including phenoxy) is 1. The van der Waals surface area contributed by atoms with Gasteiger partial charge in [0, 0.05) is 12.0 Å². The van der Waals surface area contributed by atoms with Gasteiger partial charge in [0.1, 0.15) is 5.75 Å². The molecule has 0 heterocycles. The molecule has 3 nitrogen and oxygen atoms in total. The van der Waals surface area contributed by atoms with Crippen molar-refractivity contribution in [2.45, 2.75) is 25.1 Å². The van der Waals surface area contributed by atoms with Gasteiger partial charge in [-0.3, -0.25) is 4.79 Å². The summed E-state index contributed by atoms with van der Waals surface area (Å²) in [6.07, 6.45) is -6.57. The summed E-state index contributed by atoms with van der Waals surface area (Å²) in [6, 6.07) is 3.03. The minimum Gasteiger partial charge on any atom is -0.481 e. The minimum atomic E-state index is -4.90. The SMILES string of the molecule is O=C(O)CCC(F)(F)c1ccc(OC(F)(F)F)cc1. The maximum absolute atomic E-state index is 13.5. The fourth-order valence-corrected chi connectivity index (χ4v) is 1.31. The van der Waals surface area contributed by atoms with Crippen LogP contribution in [0.15, 0.2) is 24.3 Å². The van der Waals surface area contributed by atoms with E-state index in [9.17, 15) is 26.7 Å². The van der Waals surface area contributed by atoms with Crippen molar-refractivity contribution in [2.75, 3.05) is 0 Å². The number of aliphatic carboxylic acids is 1. The minimum absolute atomic E-state index is 0.566. The fourth-order valence-electron chi connectivity index (χ4n) is 1.31. The molecule has 0 atom stereocenters. The second kappa shape index (κ2) is 5.41. The number of halogens is 5. The van der Waals surface area contributed by atoms with E-state index >= 15 is 0 Å². The highest BCUT2D eigenvalue weighted by molar-refractivity contribution is 5.66. The standard InChI is InChI=1S/C11H9F5O3/c12-10(13,6-5-9(17)18)7-1-3-8(4-2-7)19-11(14,15)16/h1-4H,5-6H2,(H,17,18). The topological polar surface area (TPSA) is 46.5 Å². The molecule has 0 saturated heterocycles. The molecule has 0 amide bonds. The van der Waals surface area contributed by atoms with Gasteiger partial charge >= 0.3 is 12.3 Å². The normalized spacial score (nSPS) is 12.3. The first-order valence-electron chi connectivity index (χ1n) is 5.06. The Kier molecular flexibility index (Phi) is 4.33. The molecule has 0 saturated carbocycles. The maximum atomic E-state index is 13.5. The molecule has 0 aliphatic heterocycles. The first kappa shape index (κ1) is 15.2. The Morgan fingerprint density at radius 2 is 1.63 bits per heavy atom. The molecule has 0 aliphatic carbocycles. The lowest BCUT2D eigenvalue weighted by atomic mass is 10.0. The van der Waals surface area contributed by atoms with Crippen molar-refractivity contribution < 1.29 is 36.6 Å². The van der Waals surface area contributed by atoms with Crippen LogP contribution in [-0.2, 0) is 10.7 Å². The van der Waals surface area contributed by atoms with Crippen LogP contribution in [0.25, 0.3) is 0 Å². The summed E-state index contributed by atoms with van der Waals surface area (Å²) in [4.78, 5) is 10.2. The zero-order valence-corrected chi connectivity index (χ0v) is 9.38. The van der Waals surface area contributed by atoms with Gasteiger partial charge in [0.15, 0.2) is 0 Å². The Morgan fingerprint density at radius 3 is 2.05 bits per heavy atom. The van der Waals surface area contributed by atoms with Gasteiger partial charge < -0.3 is 9.84 Å². The van der Waals surface area contributed by atoms with Gasteiger partial charge in [-0.1, -0.05) is 0 Å². The molecular formula is C11H9F5O3. The number of hydrogen-bond acceptors (Lipinski definition) is 2. The van der Waals surface area contributed by atoms with Gasteiger partial charge in [-0.15, -0.1) is 13.2 Å². The lowest BCUT2D eigenvalue weighted by Gasteiger charge is -2.16. The summed E-state index contributed by atoms with van der Waals surface area (Å²) in [6.45, 7) is 0. The zero-order chi connectivity index (χ0) is 14.7. The Balaban J connectivity index is 2.77. The van der Waals surface area contributed by atoms with Crippen molar-refractivity contribution in [1.29, 1.82) is 0 Å². The number of hydrogen-bond donors (Lipinski definition) is 1. The molecule has 1 rings (SSSR count). The van der Waals surface area contributed by atoms with E-state index < -0.39 is 42.4 Å². The van der Waals surface area contributed by atoms with Gasteiger partial charge in [-0.05, 0) is 24.3 Å².